The van der Waals surface area contributed by atoms with Gasteiger partial charge in [-0.1, -0.05) is 6.92 Å². The second kappa shape index (κ2) is 7.00. The molecule has 1 unspecified atom stereocenters. The lowest BCUT2D eigenvalue weighted by molar-refractivity contribution is 0.230. The first kappa shape index (κ1) is 18.0. The Kier molecular flexibility index (Phi) is 4.68. The number of hydrogen-bond acceptors (Lipinski definition) is 5. The SMILES string of the molecule is COc1cc(-c2nc3sc4c(c3c(=O)[nH]2)CCC(C)C4)ccc1OC(C)C. The summed E-state index contributed by atoms with van der Waals surface area (Å²) in [6.07, 6.45) is 3.20. The third-order valence-electron chi connectivity index (χ3n) is 4.97. The molecule has 27 heavy (non-hydrogen) atoms. The summed E-state index contributed by atoms with van der Waals surface area (Å²) < 4.78 is 11.2. The van der Waals surface area contributed by atoms with Crippen molar-refractivity contribution in [3.63, 3.8) is 0 Å². The van der Waals surface area contributed by atoms with Crippen LogP contribution in [0, 0.1) is 5.92 Å². The van der Waals surface area contributed by atoms with Gasteiger partial charge in [-0.2, -0.15) is 0 Å². The zero-order valence-corrected chi connectivity index (χ0v) is 16.9. The number of H-pyrrole nitrogens is 1. The maximum absolute atomic E-state index is 12.8. The van der Waals surface area contributed by atoms with Crippen molar-refractivity contribution in [1.82, 2.24) is 9.97 Å². The van der Waals surface area contributed by atoms with Crippen LogP contribution in [0.15, 0.2) is 23.0 Å². The molecule has 1 aliphatic carbocycles. The predicted octanol–water partition coefficient (Wildman–Crippen LogP) is 4.57. The van der Waals surface area contributed by atoms with E-state index in [4.69, 9.17) is 14.5 Å². The molecular weight excluding hydrogens is 360 g/mol. The highest BCUT2D eigenvalue weighted by Gasteiger charge is 2.23. The molecule has 6 heteroatoms. The summed E-state index contributed by atoms with van der Waals surface area (Å²) in [4.78, 5) is 22.7. The van der Waals surface area contributed by atoms with Crippen molar-refractivity contribution in [3.8, 4) is 22.9 Å². The largest absolute Gasteiger partial charge is 0.493 e. The van der Waals surface area contributed by atoms with Gasteiger partial charge in [-0.15, -0.1) is 11.3 Å². The molecule has 2 aromatic heterocycles. The van der Waals surface area contributed by atoms with Gasteiger partial charge in [-0.05, 0) is 62.8 Å². The average molecular weight is 385 g/mol. The second-order valence-electron chi connectivity index (χ2n) is 7.48. The number of nitrogens with one attached hydrogen (secondary N) is 1. The quantitative estimate of drug-likeness (QED) is 0.715. The number of rotatable bonds is 4. The first-order valence-electron chi connectivity index (χ1n) is 9.36. The number of fused-ring (bicyclic) bond motifs is 3. The smallest absolute Gasteiger partial charge is 0.260 e. The summed E-state index contributed by atoms with van der Waals surface area (Å²) >= 11 is 1.66. The molecule has 0 saturated heterocycles. The Morgan fingerprint density at radius 2 is 2.11 bits per heavy atom. The van der Waals surface area contributed by atoms with Crippen LogP contribution in [-0.2, 0) is 12.8 Å². The van der Waals surface area contributed by atoms with Crippen LogP contribution in [0.1, 0.15) is 37.6 Å². The van der Waals surface area contributed by atoms with Crippen LogP contribution in [0.2, 0.25) is 0 Å². The molecule has 0 radical (unpaired) electrons. The number of methoxy groups -OCH3 is 1. The van der Waals surface area contributed by atoms with Gasteiger partial charge in [-0.3, -0.25) is 4.79 Å². The molecule has 0 spiro atoms. The molecule has 2 heterocycles. The van der Waals surface area contributed by atoms with E-state index in [1.165, 1.54) is 10.4 Å². The maximum Gasteiger partial charge on any atom is 0.260 e. The van der Waals surface area contributed by atoms with Crippen LogP contribution in [0.3, 0.4) is 0 Å². The average Bonchev–Trinajstić information content (AvgIpc) is 2.99. The molecular formula is C21H24N2O3S. The van der Waals surface area contributed by atoms with E-state index in [2.05, 4.69) is 11.9 Å². The summed E-state index contributed by atoms with van der Waals surface area (Å²) in [5.41, 5.74) is 1.96. The highest BCUT2D eigenvalue weighted by Crippen LogP contribution is 2.37. The standard InChI is InChI=1S/C21H24N2O3S/c1-11(2)26-15-8-6-13(10-16(15)25-4)19-22-20(24)18-14-7-5-12(3)9-17(14)27-21(18)23-19/h6,8,10-12H,5,7,9H2,1-4H3,(H,22,23,24). The van der Waals surface area contributed by atoms with E-state index in [0.29, 0.717) is 23.2 Å². The topological polar surface area (TPSA) is 64.2 Å². The van der Waals surface area contributed by atoms with Crippen molar-refractivity contribution in [2.75, 3.05) is 7.11 Å². The van der Waals surface area contributed by atoms with E-state index in [-0.39, 0.29) is 11.7 Å². The summed E-state index contributed by atoms with van der Waals surface area (Å²) in [6, 6.07) is 5.62. The number of aromatic amines is 1. The second-order valence-corrected chi connectivity index (χ2v) is 8.56. The number of thiophene rings is 1. The minimum absolute atomic E-state index is 0.0523. The Morgan fingerprint density at radius 3 is 2.85 bits per heavy atom. The van der Waals surface area contributed by atoms with Crippen molar-refractivity contribution in [1.29, 1.82) is 0 Å². The third kappa shape index (κ3) is 3.34. The van der Waals surface area contributed by atoms with Crippen molar-refractivity contribution in [2.45, 2.75) is 46.1 Å². The number of ether oxygens (including phenoxy) is 2. The molecule has 1 N–H and O–H groups in total. The fourth-order valence-corrected chi connectivity index (χ4v) is 5.04. The van der Waals surface area contributed by atoms with Crippen molar-refractivity contribution in [2.24, 2.45) is 5.92 Å². The van der Waals surface area contributed by atoms with Crippen molar-refractivity contribution >= 4 is 21.6 Å². The zero-order chi connectivity index (χ0) is 19.1. The lowest BCUT2D eigenvalue weighted by atomic mass is 9.89. The molecule has 0 fully saturated rings. The molecule has 5 nitrogen and oxygen atoms in total. The first-order chi connectivity index (χ1) is 13.0. The van der Waals surface area contributed by atoms with Gasteiger partial charge in [0.25, 0.3) is 5.56 Å². The fourth-order valence-electron chi connectivity index (χ4n) is 3.65. The van der Waals surface area contributed by atoms with Crippen LogP contribution in [-0.4, -0.2) is 23.2 Å². The molecule has 4 rings (SSSR count). The Morgan fingerprint density at radius 1 is 1.30 bits per heavy atom. The lowest BCUT2D eigenvalue weighted by Gasteiger charge is -2.17. The molecule has 0 bridgehead atoms. The lowest BCUT2D eigenvalue weighted by Crippen LogP contribution is -2.13. The Balaban J connectivity index is 1.79. The minimum atomic E-state index is -0.0523. The van der Waals surface area contributed by atoms with E-state index in [1.54, 1.807) is 18.4 Å². The summed E-state index contributed by atoms with van der Waals surface area (Å²) in [6.45, 7) is 6.21. The summed E-state index contributed by atoms with van der Waals surface area (Å²) in [7, 11) is 1.61. The van der Waals surface area contributed by atoms with Gasteiger partial charge in [-0.25, -0.2) is 4.98 Å². The molecule has 0 amide bonds. The summed E-state index contributed by atoms with van der Waals surface area (Å²) in [5.74, 6) is 2.54. The fraction of sp³-hybridized carbons (Fsp3) is 0.429. The molecule has 3 aromatic rings. The highest BCUT2D eigenvalue weighted by molar-refractivity contribution is 7.18. The number of hydrogen-bond donors (Lipinski definition) is 1. The monoisotopic (exact) mass is 384 g/mol. The Bertz CT molecular complexity index is 1050. The minimum Gasteiger partial charge on any atom is -0.493 e. The van der Waals surface area contributed by atoms with E-state index in [1.807, 2.05) is 32.0 Å². The number of aromatic nitrogens is 2. The highest BCUT2D eigenvalue weighted by atomic mass is 32.1. The van der Waals surface area contributed by atoms with E-state index in [0.717, 1.165) is 35.0 Å². The molecule has 0 aliphatic heterocycles. The Hall–Kier alpha value is -2.34. The van der Waals surface area contributed by atoms with Gasteiger partial charge < -0.3 is 14.5 Å². The van der Waals surface area contributed by atoms with Gasteiger partial charge in [0, 0.05) is 10.4 Å². The van der Waals surface area contributed by atoms with Gasteiger partial charge in [0.15, 0.2) is 11.5 Å². The molecule has 0 saturated carbocycles. The number of aryl methyl sites for hydroxylation is 1. The van der Waals surface area contributed by atoms with Crippen LogP contribution in [0.5, 0.6) is 11.5 Å². The molecule has 1 atom stereocenters. The van der Waals surface area contributed by atoms with E-state index >= 15 is 0 Å². The molecule has 1 aliphatic rings. The van der Waals surface area contributed by atoms with Crippen molar-refractivity contribution < 1.29 is 9.47 Å². The van der Waals surface area contributed by atoms with Crippen LogP contribution >= 0.6 is 11.3 Å². The van der Waals surface area contributed by atoms with Crippen LogP contribution in [0.25, 0.3) is 21.6 Å². The van der Waals surface area contributed by atoms with Gasteiger partial charge in [0.1, 0.15) is 10.7 Å². The number of nitrogens with zero attached hydrogens (tertiary/aromatic N) is 1. The Labute approximate surface area is 162 Å². The normalized spacial score (nSPS) is 16.6. The van der Waals surface area contributed by atoms with E-state index < -0.39 is 0 Å². The molecule has 1 aromatic carbocycles. The van der Waals surface area contributed by atoms with Crippen molar-refractivity contribution in [3.05, 3.63) is 39.0 Å². The molecule has 142 valence electrons. The number of benzene rings is 1. The summed E-state index contributed by atoms with van der Waals surface area (Å²) in [5, 5.41) is 0.775. The van der Waals surface area contributed by atoms with Crippen LogP contribution in [0.4, 0.5) is 0 Å². The zero-order valence-electron chi connectivity index (χ0n) is 16.1. The van der Waals surface area contributed by atoms with Gasteiger partial charge in [0.2, 0.25) is 0 Å². The van der Waals surface area contributed by atoms with Crippen LogP contribution < -0.4 is 15.0 Å². The van der Waals surface area contributed by atoms with Gasteiger partial charge in [0.05, 0.1) is 18.6 Å². The predicted molar refractivity (Wildman–Crippen MR) is 109 cm³/mol. The third-order valence-corrected chi connectivity index (χ3v) is 6.11. The van der Waals surface area contributed by atoms with Gasteiger partial charge >= 0.3 is 0 Å². The maximum atomic E-state index is 12.8. The van der Waals surface area contributed by atoms with E-state index in [9.17, 15) is 4.79 Å². The first-order valence-corrected chi connectivity index (χ1v) is 10.2.